The first kappa shape index (κ1) is 34.5. The molecule has 4 unspecified atom stereocenters. The van der Waals surface area contributed by atoms with Gasteiger partial charge in [0.05, 0.1) is 6.04 Å². The molecule has 236 valence electrons. The summed E-state index contributed by atoms with van der Waals surface area (Å²) in [4.78, 5) is 69.7. The number of aliphatic imine (C=N–C) groups is 1. The van der Waals surface area contributed by atoms with Crippen molar-refractivity contribution in [2.24, 2.45) is 33.8 Å². The Morgan fingerprint density at radius 2 is 1.53 bits per heavy atom. The number of benzene rings is 1. The number of carboxylic acid groups (broad SMARTS) is 1. The Morgan fingerprint density at radius 1 is 0.907 bits per heavy atom. The van der Waals surface area contributed by atoms with Crippen molar-refractivity contribution in [1.82, 2.24) is 20.9 Å². The number of rotatable bonds is 18. The molecule has 43 heavy (non-hydrogen) atoms. The van der Waals surface area contributed by atoms with Crippen molar-refractivity contribution >= 4 is 46.5 Å². The average molecular weight is 602 g/mol. The molecular formula is C28H43N9O6. The van der Waals surface area contributed by atoms with Crippen molar-refractivity contribution in [1.29, 1.82) is 0 Å². The molecule has 1 heterocycles. The van der Waals surface area contributed by atoms with Gasteiger partial charge in [0.1, 0.15) is 18.1 Å². The van der Waals surface area contributed by atoms with Gasteiger partial charge in [-0.25, -0.2) is 4.79 Å². The van der Waals surface area contributed by atoms with Gasteiger partial charge >= 0.3 is 5.97 Å². The van der Waals surface area contributed by atoms with Gasteiger partial charge in [0.2, 0.25) is 23.6 Å². The molecule has 0 aliphatic heterocycles. The highest BCUT2D eigenvalue weighted by atomic mass is 16.4. The second-order valence-electron chi connectivity index (χ2n) is 10.8. The van der Waals surface area contributed by atoms with E-state index >= 15 is 0 Å². The molecule has 4 amide bonds. The van der Waals surface area contributed by atoms with Crippen LogP contribution in [0.25, 0.3) is 10.9 Å². The van der Waals surface area contributed by atoms with E-state index in [1.165, 1.54) is 0 Å². The van der Waals surface area contributed by atoms with Gasteiger partial charge in [0, 0.05) is 36.5 Å². The number of amides is 4. The monoisotopic (exact) mass is 601 g/mol. The third-order valence-electron chi connectivity index (χ3n) is 6.67. The number of carboxylic acids is 1. The van der Waals surface area contributed by atoms with Crippen molar-refractivity contribution in [2.45, 2.75) is 76.5 Å². The minimum atomic E-state index is -1.25. The van der Waals surface area contributed by atoms with Gasteiger partial charge in [0.15, 0.2) is 5.96 Å². The number of nitrogens with two attached hydrogens (primary N) is 4. The van der Waals surface area contributed by atoms with Gasteiger partial charge in [-0.3, -0.25) is 24.2 Å². The largest absolute Gasteiger partial charge is 0.480 e. The molecule has 0 bridgehead atoms. The summed E-state index contributed by atoms with van der Waals surface area (Å²) in [6.45, 7) is 3.88. The SMILES string of the molecule is CC(C)CC(NC(=O)C(Cc1c[nH]c2ccccc12)NC(=O)C(N)CCC(N)=O)C(=O)NC(CCCN=C(N)N)C(=O)O. The fraction of sp³-hybridized carbons (Fsp3) is 0.500. The Balaban J connectivity index is 2.25. The first-order chi connectivity index (χ1) is 20.3. The molecule has 1 aromatic carbocycles. The van der Waals surface area contributed by atoms with Gasteiger partial charge < -0.3 is 49.0 Å². The molecule has 0 aliphatic carbocycles. The summed E-state index contributed by atoms with van der Waals surface area (Å²) in [6.07, 6.45) is 2.21. The molecule has 0 saturated carbocycles. The number of hydrogen-bond donors (Lipinski definition) is 9. The highest BCUT2D eigenvalue weighted by molar-refractivity contribution is 5.95. The van der Waals surface area contributed by atoms with Crippen LogP contribution in [-0.2, 0) is 30.4 Å². The first-order valence-electron chi connectivity index (χ1n) is 14.1. The molecule has 4 atom stereocenters. The number of aliphatic carboxylic acids is 1. The lowest BCUT2D eigenvalue weighted by molar-refractivity contribution is -0.142. The predicted molar refractivity (Wildman–Crippen MR) is 161 cm³/mol. The zero-order chi connectivity index (χ0) is 32.1. The fourth-order valence-electron chi connectivity index (χ4n) is 4.45. The van der Waals surface area contributed by atoms with Gasteiger partial charge in [-0.2, -0.15) is 0 Å². The van der Waals surface area contributed by atoms with Crippen LogP contribution >= 0.6 is 0 Å². The average Bonchev–Trinajstić information content (AvgIpc) is 3.34. The van der Waals surface area contributed by atoms with Gasteiger partial charge in [0.25, 0.3) is 0 Å². The number of H-pyrrole nitrogens is 1. The van der Waals surface area contributed by atoms with E-state index in [1.54, 1.807) is 6.20 Å². The van der Waals surface area contributed by atoms with Crippen LogP contribution in [0.5, 0.6) is 0 Å². The number of nitrogens with one attached hydrogen (secondary N) is 4. The molecule has 15 nitrogen and oxygen atoms in total. The zero-order valence-electron chi connectivity index (χ0n) is 24.5. The summed E-state index contributed by atoms with van der Waals surface area (Å²) in [5.74, 6) is -4.06. The summed E-state index contributed by atoms with van der Waals surface area (Å²) >= 11 is 0. The fourth-order valence-corrected chi connectivity index (χ4v) is 4.45. The Hall–Kier alpha value is -4.66. The number of carbonyl (C=O) groups excluding carboxylic acids is 4. The van der Waals surface area contributed by atoms with Crippen LogP contribution in [0.2, 0.25) is 0 Å². The molecule has 1 aromatic heterocycles. The molecule has 2 rings (SSSR count). The summed E-state index contributed by atoms with van der Waals surface area (Å²) in [5.41, 5.74) is 23.3. The first-order valence-corrected chi connectivity index (χ1v) is 14.1. The van der Waals surface area contributed by atoms with Crippen molar-refractivity contribution in [2.75, 3.05) is 6.54 Å². The molecular weight excluding hydrogens is 558 g/mol. The normalized spacial score (nSPS) is 13.9. The predicted octanol–water partition coefficient (Wildman–Crippen LogP) is -1.06. The topological polar surface area (TPSA) is 274 Å². The molecule has 15 heteroatoms. The maximum absolute atomic E-state index is 13.6. The number of aromatic nitrogens is 1. The molecule has 0 spiro atoms. The quantitative estimate of drug-likeness (QED) is 0.0571. The number of guanidine groups is 1. The van der Waals surface area contributed by atoms with Gasteiger partial charge in [-0.05, 0) is 43.2 Å². The third-order valence-corrected chi connectivity index (χ3v) is 6.67. The standard InChI is InChI=1S/C28H43N9O6/c1-15(2)12-21(25(40)35-20(27(42)43)8-5-11-33-28(31)32)37-26(41)22(36-24(39)18(29)9-10-23(30)38)13-16-14-34-19-7-4-3-6-17(16)19/h3-4,6-7,14-15,18,20-22,34H,5,8-13,29H2,1-2H3,(H2,30,38)(H,35,40)(H,36,39)(H,37,41)(H,42,43)(H4,31,32,33). The van der Waals surface area contributed by atoms with E-state index in [0.29, 0.717) is 6.42 Å². The van der Waals surface area contributed by atoms with Crippen molar-refractivity contribution in [3.63, 3.8) is 0 Å². The third kappa shape index (κ3) is 11.6. The molecule has 0 aliphatic rings. The van der Waals surface area contributed by atoms with Crippen molar-refractivity contribution in [3.8, 4) is 0 Å². The van der Waals surface area contributed by atoms with Crippen LogP contribution < -0.4 is 38.9 Å². The highest BCUT2D eigenvalue weighted by Gasteiger charge is 2.31. The Kier molecular flexibility index (Phi) is 13.4. The van der Waals surface area contributed by atoms with E-state index in [4.69, 9.17) is 22.9 Å². The number of carbonyl (C=O) groups is 5. The van der Waals surface area contributed by atoms with Crippen molar-refractivity contribution in [3.05, 3.63) is 36.0 Å². The van der Waals surface area contributed by atoms with Crippen LogP contribution in [0, 0.1) is 5.92 Å². The summed E-state index contributed by atoms with van der Waals surface area (Å²) in [7, 11) is 0. The minimum Gasteiger partial charge on any atom is -0.480 e. The van der Waals surface area contributed by atoms with Crippen LogP contribution in [-0.4, -0.2) is 76.4 Å². The van der Waals surface area contributed by atoms with E-state index < -0.39 is 53.8 Å². The number of primary amides is 1. The van der Waals surface area contributed by atoms with E-state index in [-0.39, 0.29) is 50.5 Å². The lowest BCUT2D eigenvalue weighted by atomic mass is 10.00. The maximum atomic E-state index is 13.6. The molecule has 0 fully saturated rings. The molecule has 0 radical (unpaired) electrons. The highest BCUT2D eigenvalue weighted by Crippen LogP contribution is 2.19. The van der Waals surface area contributed by atoms with Crippen molar-refractivity contribution < 1.29 is 29.1 Å². The Labute approximate surface area is 249 Å². The zero-order valence-corrected chi connectivity index (χ0v) is 24.5. The summed E-state index contributed by atoms with van der Waals surface area (Å²) in [5, 5.41) is 18.3. The minimum absolute atomic E-state index is 0.0132. The molecule has 13 N–H and O–H groups in total. The van der Waals surface area contributed by atoms with E-state index in [9.17, 15) is 29.1 Å². The second kappa shape index (κ2) is 16.7. The summed E-state index contributed by atoms with van der Waals surface area (Å²) in [6, 6.07) is 2.84. The maximum Gasteiger partial charge on any atom is 0.326 e. The Bertz CT molecular complexity index is 1300. The molecule has 2 aromatic rings. The number of fused-ring (bicyclic) bond motifs is 1. The van der Waals surface area contributed by atoms with Crippen LogP contribution in [0.1, 0.15) is 51.5 Å². The van der Waals surface area contributed by atoms with Crippen LogP contribution in [0.15, 0.2) is 35.5 Å². The van der Waals surface area contributed by atoms with E-state index in [2.05, 4.69) is 25.9 Å². The number of nitrogens with zero attached hydrogens (tertiary/aromatic N) is 1. The van der Waals surface area contributed by atoms with Crippen LogP contribution in [0.4, 0.5) is 0 Å². The second-order valence-corrected chi connectivity index (χ2v) is 10.8. The lowest BCUT2D eigenvalue weighted by Crippen LogP contribution is -2.57. The van der Waals surface area contributed by atoms with E-state index in [0.717, 1.165) is 16.5 Å². The smallest absolute Gasteiger partial charge is 0.326 e. The van der Waals surface area contributed by atoms with E-state index in [1.807, 2.05) is 38.1 Å². The summed E-state index contributed by atoms with van der Waals surface area (Å²) < 4.78 is 0. The Morgan fingerprint density at radius 3 is 2.16 bits per heavy atom. The number of para-hydroxylation sites is 1. The number of hydrogen-bond acceptors (Lipinski definition) is 7. The van der Waals surface area contributed by atoms with Gasteiger partial charge in [-0.1, -0.05) is 32.0 Å². The molecule has 0 saturated heterocycles. The number of aromatic amines is 1. The lowest BCUT2D eigenvalue weighted by Gasteiger charge is -2.26. The van der Waals surface area contributed by atoms with Gasteiger partial charge in [-0.15, -0.1) is 0 Å². The van der Waals surface area contributed by atoms with Crippen LogP contribution in [0.3, 0.4) is 0 Å².